The number of carboxylic acids is 1. The summed E-state index contributed by atoms with van der Waals surface area (Å²) in [6.45, 7) is 2.03. The van der Waals surface area contributed by atoms with Gasteiger partial charge in [0.15, 0.2) is 0 Å². The molecule has 38 heavy (non-hydrogen) atoms. The number of carbonyl (C=O) groups is 1. The molecule has 2 aromatic carbocycles. The second-order valence-corrected chi connectivity index (χ2v) is 12.2. The minimum atomic E-state index is -0.945. The van der Waals surface area contributed by atoms with Crippen LogP contribution in [0, 0.1) is 11.8 Å². The lowest BCUT2D eigenvalue weighted by atomic mass is 9.68. The van der Waals surface area contributed by atoms with Crippen molar-refractivity contribution in [1.29, 1.82) is 0 Å². The monoisotopic (exact) mass is 556 g/mol. The summed E-state index contributed by atoms with van der Waals surface area (Å²) in [7, 11) is 0. The van der Waals surface area contributed by atoms with Gasteiger partial charge in [0.1, 0.15) is 5.75 Å². The molecule has 6 nitrogen and oxygen atoms in total. The molecule has 4 unspecified atom stereocenters. The van der Waals surface area contributed by atoms with Crippen LogP contribution in [-0.2, 0) is 11.8 Å². The maximum Gasteiger partial charge on any atom is 0.335 e. The van der Waals surface area contributed by atoms with Crippen LogP contribution in [0.2, 0.25) is 5.02 Å². The average Bonchev–Trinajstić information content (AvgIpc) is 3.03. The minimum absolute atomic E-state index is 0.193. The molecule has 5 rings (SSSR count). The Morgan fingerprint density at radius 1 is 1.29 bits per heavy atom. The van der Waals surface area contributed by atoms with Crippen LogP contribution in [-0.4, -0.2) is 47.7 Å². The van der Waals surface area contributed by atoms with Gasteiger partial charge in [-0.25, -0.2) is 4.79 Å². The quantitative estimate of drug-likeness (QED) is 0.203. The Kier molecular flexibility index (Phi) is 8.58. The zero-order valence-corrected chi connectivity index (χ0v) is 23.2. The molecule has 1 aliphatic heterocycles. The van der Waals surface area contributed by atoms with Crippen LogP contribution in [0.4, 0.5) is 5.69 Å². The van der Waals surface area contributed by atoms with Crippen molar-refractivity contribution in [2.24, 2.45) is 17.0 Å². The molecule has 1 heterocycles. The van der Waals surface area contributed by atoms with E-state index in [1.165, 1.54) is 23.1 Å². The molecule has 2 aromatic rings. The number of hydrogen-bond donors (Lipinski definition) is 3. The van der Waals surface area contributed by atoms with Crippen molar-refractivity contribution in [2.75, 3.05) is 30.3 Å². The number of aliphatic hydroxyl groups excluding tert-OH is 1. The van der Waals surface area contributed by atoms with E-state index in [1.807, 2.05) is 12.1 Å². The first-order valence-electron chi connectivity index (χ1n) is 13.6. The van der Waals surface area contributed by atoms with Gasteiger partial charge in [0.2, 0.25) is 0 Å². The predicted octanol–water partition coefficient (Wildman–Crippen LogP) is 5.84. The predicted molar refractivity (Wildman–Crippen MR) is 154 cm³/mol. The highest BCUT2D eigenvalue weighted by atomic mass is 35.5. The van der Waals surface area contributed by atoms with E-state index in [0.29, 0.717) is 12.5 Å². The maximum absolute atomic E-state index is 11.8. The minimum Gasteiger partial charge on any atom is -0.490 e. The van der Waals surface area contributed by atoms with E-state index in [-0.39, 0.29) is 16.9 Å². The number of unbranched alkanes of at least 4 members (excludes halogenated alkanes) is 1. The van der Waals surface area contributed by atoms with Crippen molar-refractivity contribution < 1.29 is 19.7 Å². The lowest BCUT2D eigenvalue weighted by Gasteiger charge is -2.45. The van der Waals surface area contributed by atoms with Crippen molar-refractivity contribution in [1.82, 2.24) is 0 Å². The van der Waals surface area contributed by atoms with Gasteiger partial charge < -0.3 is 19.8 Å². The number of rotatable bonds is 9. The molecule has 8 heteroatoms. The number of carboxylic acid groups (broad SMARTS) is 1. The van der Waals surface area contributed by atoms with Crippen molar-refractivity contribution in [2.45, 2.75) is 56.5 Å². The molecule has 1 saturated carbocycles. The first kappa shape index (κ1) is 27.4. The molecule has 4 atom stereocenters. The van der Waals surface area contributed by atoms with Gasteiger partial charge in [-0.1, -0.05) is 41.8 Å². The number of allylic oxidation sites excluding steroid dienone is 1. The Morgan fingerprint density at radius 2 is 2.16 bits per heavy atom. The van der Waals surface area contributed by atoms with Crippen molar-refractivity contribution >= 4 is 35.2 Å². The smallest absolute Gasteiger partial charge is 0.335 e. The van der Waals surface area contributed by atoms with E-state index in [2.05, 4.69) is 23.1 Å². The molecular weight excluding hydrogens is 520 g/mol. The molecule has 0 aromatic heterocycles. The first-order chi connectivity index (χ1) is 18.4. The highest BCUT2D eigenvalue weighted by Gasteiger charge is 2.44. The van der Waals surface area contributed by atoms with Gasteiger partial charge in [-0.05, 0) is 98.2 Å². The van der Waals surface area contributed by atoms with Gasteiger partial charge in [-0.15, -0.1) is 0 Å². The number of ether oxygens (including phenoxy) is 1. The molecule has 3 aliphatic rings. The molecular formula is C30H37ClN2O4S. The number of aryl methyl sites for hydroxylation is 1. The first-order valence-corrected chi connectivity index (χ1v) is 15.0. The Bertz CT molecular complexity index is 1190. The third-order valence-corrected chi connectivity index (χ3v) is 9.38. The number of nitrogens with two attached hydrogens (primary N) is 1. The Hall–Kier alpha value is -2.19. The van der Waals surface area contributed by atoms with E-state index in [9.17, 15) is 15.0 Å². The molecule has 2 aliphatic carbocycles. The number of halogens is 1. The van der Waals surface area contributed by atoms with Gasteiger partial charge in [0.25, 0.3) is 0 Å². The van der Waals surface area contributed by atoms with Gasteiger partial charge in [-0.2, -0.15) is 0 Å². The molecule has 1 spiro atoms. The van der Waals surface area contributed by atoms with E-state index in [4.69, 9.17) is 21.5 Å². The van der Waals surface area contributed by atoms with Crippen molar-refractivity contribution in [3.05, 3.63) is 70.3 Å². The number of fused-ring (bicyclic) bond motifs is 3. The van der Waals surface area contributed by atoms with Gasteiger partial charge in [-0.3, -0.25) is 5.14 Å². The summed E-state index contributed by atoms with van der Waals surface area (Å²) in [5, 5.41) is 26.9. The number of nitrogens with zero attached hydrogens (tertiary/aromatic N) is 1. The Morgan fingerprint density at radius 3 is 2.92 bits per heavy atom. The fourth-order valence-corrected chi connectivity index (χ4v) is 6.99. The number of aromatic carboxylic acids is 1. The molecule has 0 bridgehead atoms. The molecule has 4 N–H and O–H groups in total. The zero-order chi connectivity index (χ0) is 26.7. The Labute approximate surface area is 234 Å². The third-order valence-electron chi connectivity index (χ3n) is 8.62. The van der Waals surface area contributed by atoms with Gasteiger partial charge in [0.05, 0.1) is 24.0 Å². The number of benzene rings is 2. The summed E-state index contributed by atoms with van der Waals surface area (Å²) in [5.41, 5.74) is 3.44. The van der Waals surface area contributed by atoms with Gasteiger partial charge in [0, 0.05) is 29.3 Å². The van der Waals surface area contributed by atoms with Crippen molar-refractivity contribution in [3.63, 3.8) is 0 Å². The van der Waals surface area contributed by atoms with E-state index >= 15 is 0 Å². The van der Waals surface area contributed by atoms with Crippen LogP contribution in [0.3, 0.4) is 0 Å². The topological polar surface area (TPSA) is 96.0 Å². The van der Waals surface area contributed by atoms with Gasteiger partial charge >= 0.3 is 5.97 Å². The molecule has 204 valence electrons. The molecule has 0 amide bonds. The number of hydrogen-bond acceptors (Lipinski definition) is 6. The van der Waals surface area contributed by atoms with E-state index in [1.54, 1.807) is 18.2 Å². The van der Waals surface area contributed by atoms with E-state index in [0.717, 1.165) is 80.2 Å². The molecule has 0 saturated heterocycles. The largest absolute Gasteiger partial charge is 0.490 e. The fraction of sp³-hybridized carbons (Fsp3) is 0.500. The van der Waals surface area contributed by atoms with Crippen LogP contribution < -0.4 is 14.8 Å². The summed E-state index contributed by atoms with van der Waals surface area (Å²) in [6.07, 6.45) is 10.6. The van der Waals surface area contributed by atoms with E-state index < -0.39 is 12.1 Å². The third kappa shape index (κ3) is 5.71. The fourth-order valence-electron chi connectivity index (χ4n) is 6.46. The summed E-state index contributed by atoms with van der Waals surface area (Å²) >= 11 is 7.71. The lowest BCUT2D eigenvalue weighted by Crippen LogP contribution is -2.49. The van der Waals surface area contributed by atoms with Crippen LogP contribution >= 0.6 is 23.5 Å². The van der Waals surface area contributed by atoms with Crippen LogP contribution in [0.1, 0.15) is 60.0 Å². The Balaban J connectivity index is 1.42. The zero-order valence-electron chi connectivity index (χ0n) is 21.7. The highest BCUT2D eigenvalue weighted by molar-refractivity contribution is 7.97. The molecule has 1 fully saturated rings. The van der Waals surface area contributed by atoms with Crippen LogP contribution in [0.25, 0.3) is 0 Å². The highest BCUT2D eigenvalue weighted by Crippen LogP contribution is 2.46. The maximum atomic E-state index is 11.8. The summed E-state index contributed by atoms with van der Waals surface area (Å²) < 4.78 is 6.45. The average molecular weight is 557 g/mol. The van der Waals surface area contributed by atoms with Crippen LogP contribution in [0.15, 0.2) is 48.6 Å². The second kappa shape index (κ2) is 11.9. The summed E-state index contributed by atoms with van der Waals surface area (Å²) in [6, 6.07) is 11.4. The lowest BCUT2D eigenvalue weighted by molar-refractivity contribution is 0.0456. The van der Waals surface area contributed by atoms with Crippen molar-refractivity contribution in [3.8, 4) is 5.75 Å². The number of anilines is 1. The second-order valence-electron chi connectivity index (χ2n) is 11.0. The van der Waals surface area contributed by atoms with Crippen LogP contribution in [0.5, 0.6) is 5.75 Å². The normalized spacial score (nSPS) is 25.3. The number of aliphatic hydroxyl groups is 1. The standard InChI is InChI=1S/C30H37ClN2O4S/c31-23-9-11-25-20(15-23)5-4-13-30(25)18-33(26-16-21(29(35)36)8-12-28(26)37-19-30)17-22-7-10-24(22)27(34)6-2-1-3-14-38-32/h2,6,8-9,11-12,15-16,22,24,27,34H,1,3-5,7,10,13-14,17-19,32H2,(H,35,36)/b6-2+. The molecule has 0 radical (unpaired) electrons. The summed E-state index contributed by atoms with van der Waals surface area (Å²) in [5.74, 6) is 1.21. The summed E-state index contributed by atoms with van der Waals surface area (Å²) in [4.78, 5) is 14.2. The SMILES string of the molecule is NSCCC/C=C/C(O)C1CCC1CN1CC2(CCCc3cc(Cl)ccc32)COc2ccc(C(=O)O)cc21.